The van der Waals surface area contributed by atoms with Crippen LogP contribution >= 0.6 is 0 Å². The number of hydrogen-bond acceptors (Lipinski definition) is 3. The maximum Gasteiger partial charge on any atom is 0.197 e. The van der Waals surface area contributed by atoms with E-state index >= 15 is 0 Å². The van der Waals surface area contributed by atoms with Crippen LogP contribution in [0.5, 0.6) is 5.75 Å². The van der Waals surface area contributed by atoms with Crippen molar-refractivity contribution in [3.05, 3.63) is 64.8 Å². The van der Waals surface area contributed by atoms with Crippen LogP contribution in [0, 0.1) is 0 Å². The molecule has 0 atom stereocenters. The molecule has 0 N–H and O–H groups in total. The minimum Gasteiger partial charge on any atom is -0.493 e. The van der Waals surface area contributed by atoms with Crippen LogP contribution in [0.2, 0.25) is 0 Å². The van der Waals surface area contributed by atoms with E-state index in [4.69, 9.17) is 9.15 Å². The van der Waals surface area contributed by atoms with Gasteiger partial charge in [-0.1, -0.05) is 56.2 Å². The summed E-state index contributed by atoms with van der Waals surface area (Å²) < 4.78 is 11.7. The zero-order chi connectivity index (χ0) is 16.1. The maximum atomic E-state index is 12.5. The molecule has 0 unspecified atom stereocenters. The van der Waals surface area contributed by atoms with Gasteiger partial charge in [0.25, 0.3) is 0 Å². The molecule has 0 bridgehead atoms. The van der Waals surface area contributed by atoms with Gasteiger partial charge in [0.1, 0.15) is 22.5 Å². The molecule has 0 fully saturated rings. The summed E-state index contributed by atoms with van der Waals surface area (Å²) in [5.41, 5.74) is 1.38. The van der Waals surface area contributed by atoms with E-state index in [0.29, 0.717) is 29.1 Å². The number of hydrogen-bond donors (Lipinski definition) is 0. The summed E-state index contributed by atoms with van der Waals surface area (Å²) in [6, 6.07) is 16.7. The van der Waals surface area contributed by atoms with Crippen LogP contribution in [0.15, 0.2) is 63.8 Å². The van der Waals surface area contributed by atoms with Gasteiger partial charge in [-0.25, -0.2) is 0 Å². The molecule has 0 saturated carbocycles. The highest BCUT2D eigenvalue weighted by Crippen LogP contribution is 2.27. The van der Waals surface area contributed by atoms with Crippen LogP contribution in [0.4, 0.5) is 0 Å². The average Bonchev–Trinajstić information content (AvgIpc) is 2.59. The van der Waals surface area contributed by atoms with Crippen LogP contribution in [0.1, 0.15) is 26.2 Å². The molecule has 1 aromatic heterocycles. The molecule has 0 radical (unpaired) electrons. The van der Waals surface area contributed by atoms with E-state index in [9.17, 15) is 4.79 Å². The van der Waals surface area contributed by atoms with Gasteiger partial charge in [0.2, 0.25) is 0 Å². The molecule has 0 spiro atoms. The minimum atomic E-state index is -0.0730. The van der Waals surface area contributed by atoms with Crippen molar-refractivity contribution in [3.63, 3.8) is 0 Å². The Kier molecular flexibility index (Phi) is 4.77. The lowest BCUT2D eigenvalue weighted by atomic mass is 10.1. The second-order valence-corrected chi connectivity index (χ2v) is 5.53. The molecule has 23 heavy (non-hydrogen) atoms. The molecule has 2 aromatic carbocycles. The first-order valence-electron chi connectivity index (χ1n) is 8.04. The van der Waals surface area contributed by atoms with Gasteiger partial charge >= 0.3 is 0 Å². The Morgan fingerprint density at radius 2 is 1.83 bits per heavy atom. The lowest BCUT2D eigenvalue weighted by Crippen LogP contribution is -2.05. The van der Waals surface area contributed by atoms with Crippen molar-refractivity contribution in [2.24, 2.45) is 0 Å². The Balaban J connectivity index is 1.98. The van der Waals surface area contributed by atoms with E-state index in [1.54, 1.807) is 0 Å². The summed E-state index contributed by atoms with van der Waals surface area (Å²) in [4.78, 5) is 12.5. The first kappa shape index (κ1) is 15.3. The third-order valence-corrected chi connectivity index (χ3v) is 3.78. The molecular weight excluding hydrogens is 288 g/mol. The summed E-state index contributed by atoms with van der Waals surface area (Å²) in [7, 11) is 0. The van der Waals surface area contributed by atoms with Gasteiger partial charge in [0.05, 0.1) is 6.61 Å². The third kappa shape index (κ3) is 3.45. The fourth-order valence-electron chi connectivity index (χ4n) is 2.58. The smallest absolute Gasteiger partial charge is 0.197 e. The second kappa shape index (κ2) is 7.14. The topological polar surface area (TPSA) is 39.4 Å². The summed E-state index contributed by atoms with van der Waals surface area (Å²) in [6.07, 6.45) is 3.25. The number of fused-ring (bicyclic) bond motifs is 1. The van der Waals surface area contributed by atoms with E-state index < -0.39 is 0 Å². The number of ether oxygens (including phenoxy) is 1. The largest absolute Gasteiger partial charge is 0.493 e. The monoisotopic (exact) mass is 308 g/mol. The van der Waals surface area contributed by atoms with Crippen LogP contribution in [0.3, 0.4) is 0 Å². The Labute approximate surface area is 135 Å². The van der Waals surface area contributed by atoms with Crippen molar-refractivity contribution in [3.8, 4) is 17.1 Å². The Morgan fingerprint density at radius 3 is 2.61 bits per heavy atom. The third-order valence-electron chi connectivity index (χ3n) is 3.78. The van der Waals surface area contributed by atoms with Crippen molar-refractivity contribution in [1.82, 2.24) is 0 Å². The van der Waals surface area contributed by atoms with Crippen molar-refractivity contribution in [2.45, 2.75) is 26.2 Å². The lowest BCUT2D eigenvalue weighted by Gasteiger charge is -2.09. The first-order chi connectivity index (χ1) is 11.3. The Hall–Kier alpha value is -2.55. The van der Waals surface area contributed by atoms with E-state index in [0.717, 1.165) is 24.8 Å². The molecule has 0 aliphatic heterocycles. The Morgan fingerprint density at radius 1 is 1.00 bits per heavy atom. The summed E-state index contributed by atoms with van der Waals surface area (Å²) in [6.45, 7) is 2.77. The fourth-order valence-corrected chi connectivity index (χ4v) is 2.58. The van der Waals surface area contributed by atoms with E-state index in [1.165, 1.54) is 6.07 Å². The molecule has 0 saturated heterocycles. The van der Waals surface area contributed by atoms with Crippen LogP contribution < -0.4 is 10.2 Å². The molecule has 0 aliphatic carbocycles. The predicted molar refractivity (Wildman–Crippen MR) is 92.9 cm³/mol. The first-order valence-corrected chi connectivity index (χ1v) is 8.04. The van der Waals surface area contributed by atoms with Crippen LogP contribution in [0.25, 0.3) is 22.3 Å². The molecule has 3 aromatic rings. The maximum absolute atomic E-state index is 12.5. The van der Waals surface area contributed by atoms with Crippen molar-refractivity contribution in [1.29, 1.82) is 0 Å². The number of rotatable bonds is 6. The Bertz CT molecular complexity index is 834. The highest BCUT2D eigenvalue weighted by atomic mass is 16.5. The van der Waals surface area contributed by atoms with Gasteiger partial charge in [0, 0.05) is 11.6 Å². The van der Waals surface area contributed by atoms with Crippen molar-refractivity contribution < 1.29 is 9.15 Å². The van der Waals surface area contributed by atoms with Gasteiger partial charge in [-0.3, -0.25) is 4.79 Å². The van der Waals surface area contributed by atoms with Gasteiger partial charge < -0.3 is 9.15 Å². The molecule has 0 amide bonds. The predicted octanol–water partition coefficient (Wildman–Crippen LogP) is 5.03. The van der Waals surface area contributed by atoms with Gasteiger partial charge in [-0.05, 0) is 18.6 Å². The standard InChI is InChI=1S/C20H20O3/c1-2-3-7-13-22-17-11-8-12-18-20(17)16(21)14-19(23-18)15-9-5-4-6-10-15/h4-6,8-12,14H,2-3,7,13H2,1H3. The molecule has 0 aliphatic rings. The van der Waals surface area contributed by atoms with E-state index in [-0.39, 0.29) is 5.43 Å². The van der Waals surface area contributed by atoms with Crippen LogP contribution in [-0.4, -0.2) is 6.61 Å². The van der Waals surface area contributed by atoms with Gasteiger partial charge in [-0.15, -0.1) is 0 Å². The zero-order valence-corrected chi connectivity index (χ0v) is 13.2. The van der Waals surface area contributed by atoms with Crippen molar-refractivity contribution in [2.75, 3.05) is 6.61 Å². The molecular formula is C20H20O3. The number of benzene rings is 2. The highest BCUT2D eigenvalue weighted by Gasteiger charge is 2.11. The molecule has 3 rings (SSSR count). The van der Waals surface area contributed by atoms with Crippen LogP contribution in [-0.2, 0) is 0 Å². The SMILES string of the molecule is CCCCCOc1cccc2oc(-c3ccccc3)cc(=O)c12. The molecule has 3 nitrogen and oxygen atoms in total. The number of unbranched alkanes of at least 4 members (excludes halogenated alkanes) is 2. The average molecular weight is 308 g/mol. The quantitative estimate of drug-likeness (QED) is 0.600. The normalized spacial score (nSPS) is 10.8. The fraction of sp³-hybridized carbons (Fsp3) is 0.250. The second-order valence-electron chi connectivity index (χ2n) is 5.53. The van der Waals surface area contributed by atoms with E-state index in [1.807, 2.05) is 48.5 Å². The molecule has 3 heteroatoms. The van der Waals surface area contributed by atoms with Crippen molar-refractivity contribution >= 4 is 11.0 Å². The molecule has 118 valence electrons. The lowest BCUT2D eigenvalue weighted by molar-refractivity contribution is 0.309. The highest BCUT2D eigenvalue weighted by molar-refractivity contribution is 5.84. The molecule has 1 heterocycles. The zero-order valence-electron chi connectivity index (χ0n) is 13.2. The summed E-state index contributed by atoms with van der Waals surface area (Å²) in [5.74, 6) is 1.18. The minimum absolute atomic E-state index is 0.0730. The summed E-state index contributed by atoms with van der Waals surface area (Å²) >= 11 is 0. The van der Waals surface area contributed by atoms with Gasteiger partial charge in [-0.2, -0.15) is 0 Å². The van der Waals surface area contributed by atoms with Gasteiger partial charge in [0.15, 0.2) is 5.43 Å². The summed E-state index contributed by atoms with van der Waals surface area (Å²) in [5, 5.41) is 0.517. The van der Waals surface area contributed by atoms with E-state index in [2.05, 4.69) is 6.92 Å².